The van der Waals surface area contributed by atoms with E-state index in [-0.39, 0.29) is 11.8 Å². The monoisotopic (exact) mass is 316 g/mol. The molecule has 17 heavy (non-hydrogen) atoms. The molecule has 1 heterocycles. The van der Waals surface area contributed by atoms with Crippen molar-refractivity contribution in [2.75, 3.05) is 18.4 Å². The van der Waals surface area contributed by atoms with E-state index in [0.717, 1.165) is 36.1 Å². The standard InChI is InChI=1S/C12H14BrClN2O/c13-10-4-3-9(6-11(10)14)16-12(17)8-2-1-5-15-7-8/h3-4,6,8,15H,1-2,5,7H2,(H,16,17). The van der Waals surface area contributed by atoms with Gasteiger partial charge >= 0.3 is 0 Å². The Morgan fingerprint density at radius 2 is 2.35 bits per heavy atom. The third kappa shape index (κ3) is 3.44. The van der Waals surface area contributed by atoms with Gasteiger partial charge in [0.05, 0.1) is 10.9 Å². The molecule has 3 nitrogen and oxygen atoms in total. The summed E-state index contributed by atoms with van der Waals surface area (Å²) in [5, 5.41) is 6.72. The molecule has 1 unspecified atom stereocenters. The van der Waals surface area contributed by atoms with Gasteiger partial charge in [-0.15, -0.1) is 0 Å². The van der Waals surface area contributed by atoms with E-state index in [1.165, 1.54) is 0 Å². The summed E-state index contributed by atoms with van der Waals surface area (Å²) in [6.07, 6.45) is 2.00. The van der Waals surface area contributed by atoms with E-state index in [1.54, 1.807) is 6.07 Å². The van der Waals surface area contributed by atoms with Crippen molar-refractivity contribution in [2.45, 2.75) is 12.8 Å². The molecule has 0 spiro atoms. The zero-order valence-electron chi connectivity index (χ0n) is 9.30. The number of anilines is 1. The predicted molar refractivity (Wildman–Crippen MR) is 73.4 cm³/mol. The molecule has 1 fully saturated rings. The second-order valence-corrected chi connectivity index (χ2v) is 5.42. The Balaban J connectivity index is 1.99. The average molecular weight is 318 g/mol. The van der Waals surface area contributed by atoms with Gasteiger partial charge in [0.1, 0.15) is 0 Å². The molecule has 0 aromatic heterocycles. The number of piperidine rings is 1. The van der Waals surface area contributed by atoms with Gasteiger partial charge in [0.15, 0.2) is 0 Å². The number of rotatable bonds is 2. The van der Waals surface area contributed by atoms with Gasteiger partial charge in [-0.05, 0) is 53.5 Å². The fourth-order valence-corrected chi connectivity index (χ4v) is 2.32. The summed E-state index contributed by atoms with van der Waals surface area (Å²) in [7, 11) is 0. The highest BCUT2D eigenvalue weighted by Crippen LogP contribution is 2.26. The Hall–Kier alpha value is -0.580. The molecule has 1 aliphatic heterocycles. The fraction of sp³-hybridized carbons (Fsp3) is 0.417. The van der Waals surface area contributed by atoms with Crippen LogP contribution in [0.25, 0.3) is 0 Å². The SMILES string of the molecule is O=C(Nc1ccc(Br)c(Cl)c1)C1CCCNC1. The molecular formula is C12H14BrClN2O. The van der Waals surface area contributed by atoms with Crippen LogP contribution in [0.2, 0.25) is 5.02 Å². The summed E-state index contributed by atoms with van der Waals surface area (Å²) in [4.78, 5) is 12.0. The molecule has 1 aromatic carbocycles. The molecule has 0 aliphatic carbocycles. The zero-order valence-corrected chi connectivity index (χ0v) is 11.6. The number of carbonyl (C=O) groups is 1. The summed E-state index contributed by atoms with van der Waals surface area (Å²) >= 11 is 9.29. The van der Waals surface area contributed by atoms with Crippen LogP contribution in [0.1, 0.15) is 12.8 Å². The van der Waals surface area contributed by atoms with Crippen LogP contribution in [0, 0.1) is 5.92 Å². The topological polar surface area (TPSA) is 41.1 Å². The highest BCUT2D eigenvalue weighted by molar-refractivity contribution is 9.10. The normalized spacial score (nSPS) is 20.0. The highest BCUT2D eigenvalue weighted by atomic mass is 79.9. The number of carbonyl (C=O) groups excluding carboxylic acids is 1. The van der Waals surface area contributed by atoms with E-state index >= 15 is 0 Å². The quantitative estimate of drug-likeness (QED) is 0.880. The Morgan fingerprint density at radius 1 is 1.53 bits per heavy atom. The second kappa shape index (κ2) is 5.85. The lowest BCUT2D eigenvalue weighted by molar-refractivity contribution is -0.120. The zero-order chi connectivity index (χ0) is 12.3. The molecule has 0 saturated carbocycles. The van der Waals surface area contributed by atoms with Gasteiger partial charge in [-0.2, -0.15) is 0 Å². The molecule has 0 radical (unpaired) electrons. The molecular weight excluding hydrogens is 304 g/mol. The first-order valence-electron chi connectivity index (χ1n) is 5.63. The van der Waals surface area contributed by atoms with Crippen LogP contribution in [0.4, 0.5) is 5.69 Å². The molecule has 2 rings (SSSR count). The number of hydrogen-bond donors (Lipinski definition) is 2. The van der Waals surface area contributed by atoms with Gasteiger partial charge in [-0.1, -0.05) is 11.6 Å². The van der Waals surface area contributed by atoms with Crippen molar-refractivity contribution in [3.8, 4) is 0 Å². The van der Waals surface area contributed by atoms with Crippen LogP contribution in [-0.2, 0) is 4.79 Å². The molecule has 1 aromatic rings. The summed E-state index contributed by atoms with van der Waals surface area (Å²) < 4.78 is 0.830. The van der Waals surface area contributed by atoms with Crippen LogP contribution < -0.4 is 10.6 Å². The number of halogens is 2. The lowest BCUT2D eigenvalue weighted by atomic mass is 9.99. The maximum atomic E-state index is 12.0. The first kappa shape index (κ1) is 12.9. The first-order chi connectivity index (χ1) is 8.16. The summed E-state index contributed by atoms with van der Waals surface area (Å²) in [6, 6.07) is 5.42. The maximum absolute atomic E-state index is 12.0. The highest BCUT2D eigenvalue weighted by Gasteiger charge is 2.20. The minimum absolute atomic E-state index is 0.0613. The number of amides is 1. The smallest absolute Gasteiger partial charge is 0.228 e. The summed E-state index contributed by atoms with van der Waals surface area (Å²) in [5.41, 5.74) is 0.744. The Morgan fingerprint density at radius 3 is 3.00 bits per heavy atom. The van der Waals surface area contributed by atoms with Crippen molar-refractivity contribution in [3.05, 3.63) is 27.7 Å². The van der Waals surface area contributed by atoms with Gasteiger partial charge in [0, 0.05) is 16.7 Å². The largest absolute Gasteiger partial charge is 0.326 e. The Labute approximate surface area is 114 Å². The van der Waals surface area contributed by atoms with E-state index in [2.05, 4.69) is 26.6 Å². The minimum atomic E-state index is 0.0613. The van der Waals surface area contributed by atoms with Crippen LogP contribution in [0.3, 0.4) is 0 Å². The molecule has 5 heteroatoms. The molecule has 1 aliphatic rings. The number of hydrogen-bond acceptors (Lipinski definition) is 2. The van der Waals surface area contributed by atoms with Crippen LogP contribution in [-0.4, -0.2) is 19.0 Å². The Kier molecular flexibility index (Phi) is 4.42. The van der Waals surface area contributed by atoms with Gasteiger partial charge < -0.3 is 10.6 Å². The van der Waals surface area contributed by atoms with E-state index < -0.39 is 0 Å². The first-order valence-corrected chi connectivity index (χ1v) is 6.80. The van der Waals surface area contributed by atoms with Crippen molar-refractivity contribution < 1.29 is 4.79 Å². The average Bonchev–Trinajstić information content (AvgIpc) is 2.35. The lowest BCUT2D eigenvalue weighted by Crippen LogP contribution is -2.37. The molecule has 92 valence electrons. The van der Waals surface area contributed by atoms with Crippen LogP contribution in [0.5, 0.6) is 0 Å². The third-order valence-corrected chi connectivity index (χ3v) is 4.09. The maximum Gasteiger partial charge on any atom is 0.228 e. The van der Waals surface area contributed by atoms with Crippen LogP contribution >= 0.6 is 27.5 Å². The number of nitrogens with one attached hydrogen (secondary N) is 2. The van der Waals surface area contributed by atoms with E-state index in [0.29, 0.717) is 5.02 Å². The predicted octanol–water partition coefficient (Wildman–Crippen LogP) is 3.04. The van der Waals surface area contributed by atoms with Gasteiger partial charge in [0.25, 0.3) is 0 Å². The Bertz CT molecular complexity index is 419. The van der Waals surface area contributed by atoms with Gasteiger partial charge in [-0.25, -0.2) is 0 Å². The minimum Gasteiger partial charge on any atom is -0.326 e. The molecule has 1 atom stereocenters. The third-order valence-electron chi connectivity index (χ3n) is 2.85. The lowest BCUT2D eigenvalue weighted by Gasteiger charge is -2.21. The number of benzene rings is 1. The summed E-state index contributed by atoms with van der Waals surface area (Å²) in [5.74, 6) is 0.127. The van der Waals surface area contributed by atoms with E-state index in [9.17, 15) is 4.79 Å². The van der Waals surface area contributed by atoms with Crippen molar-refractivity contribution in [1.82, 2.24) is 5.32 Å². The molecule has 2 N–H and O–H groups in total. The van der Waals surface area contributed by atoms with Crippen LogP contribution in [0.15, 0.2) is 22.7 Å². The molecule has 1 amide bonds. The fourth-order valence-electron chi connectivity index (χ4n) is 1.89. The van der Waals surface area contributed by atoms with Crippen molar-refractivity contribution in [1.29, 1.82) is 0 Å². The van der Waals surface area contributed by atoms with E-state index in [1.807, 2.05) is 12.1 Å². The molecule has 1 saturated heterocycles. The van der Waals surface area contributed by atoms with Crippen molar-refractivity contribution in [2.24, 2.45) is 5.92 Å². The van der Waals surface area contributed by atoms with Crippen molar-refractivity contribution >= 4 is 39.1 Å². The summed E-state index contributed by atoms with van der Waals surface area (Å²) in [6.45, 7) is 1.77. The van der Waals surface area contributed by atoms with E-state index in [4.69, 9.17) is 11.6 Å². The molecule has 0 bridgehead atoms. The van der Waals surface area contributed by atoms with Gasteiger partial charge in [0.2, 0.25) is 5.91 Å². The van der Waals surface area contributed by atoms with Gasteiger partial charge in [-0.3, -0.25) is 4.79 Å². The van der Waals surface area contributed by atoms with Crippen molar-refractivity contribution in [3.63, 3.8) is 0 Å². The second-order valence-electron chi connectivity index (χ2n) is 4.16.